The largest absolute Gasteiger partial charge is 0.358 e. The lowest BCUT2D eigenvalue weighted by molar-refractivity contribution is -0.0292. The van der Waals surface area contributed by atoms with Gasteiger partial charge in [-0.2, -0.15) is 0 Å². The highest BCUT2D eigenvalue weighted by Gasteiger charge is 2.39. The van der Waals surface area contributed by atoms with E-state index in [9.17, 15) is 0 Å². The van der Waals surface area contributed by atoms with Crippen molar-refractivity contribution in [2.45, 2.75) is 32.5 Å². The highest BCUT2D eigenvalue weighted by atomic mass is 35.5. The normalized spacial score (nSPS) is 13.6. The lowest BCUT2D eigenvalue weighted by Gasteiger charge is -2.38. The lowest BCUT2D eigenvalue weighted by Crippen LogP contribution is -2.35. The molecule has 0 N–H and O–H groups in total. The molecule has 3 rings (SSSR count). The molecule has 0 aliphatic heterocycles. The van der Waals surface area contributed by atoms with Crippen LogP contribution in [0.15, 0.2) is 78.9 Å². The van der Waals surface area contributed by atoms with E-state index in [1.54, 1.807) is 0 Å². The van der Waals surface area contributed by atoms with Gasteiger partial charge in [0.25, 0.3) is 0 Å². The molecular weight excluding hydrogens is 328 g/mol. The van der Waals surface area contributed by atoms with Gasteiger partial charge in [0, 0.05) is 10.6 Å². The van der Waals surface area contributed by atoms with Crippen molar-refractivity contribution in [3.63, 3.8) is 0 Å². The zero-order valence-corrected chi connectivity index (χ0v) is 15.6. The molecule has 0 saturated carbocycles. The second-order valence-electron chi connectivity index (χ2n) is 6.56. The van der Waals surface area contributed by atoms with Crippen LogP contribution in [0.4, 0.5) is 0 Å². The molecule has 25 heavy (non-hydrogen) atoms. The Morgan fingerprint density at radius 1 is 0.760 bits per heavy atom. The summed E-state index contributed by atoms with van der Waals surface area (Å²) in [5.41, 5.74) is 3.57. The van der Waals surface area contributed by atoms with Crippen LogP contribution in [0.1, 0.15) is 36.1 Å². The maximum Gasteiger partial charge on any atom is 0.145 e. The average Bonchev–Trinajstić information content (AvgIpc) is 2.62. The number of hydrogen-bond acceptors (Lipinski definition) is 1. The maximum absolute atomic E-state index is 6.64. The van der Waals surface area contributed by atoms with Gasteiger partial charge in [0.1, 0.15) is 5.60 Å². The van der Waals surface area contributed by atoms with E-state index in [0.29, 0.717) is 5.02 Å². The van der Waals surface area contributed by atoms with Gasteiger partial charge < -0.3 is 4.74 Å². The molecule has 0 saturated heterocycles. The minimum atomic E-state index is -0.749. The first-order chi connectivity index (χ1) is 12.0. The van der Waals surface area contributed by atoms with Gasteiger partial charge in [0.2, 0.25) is 0 Å². The molecular formula is C23H23ClO. The molecule has 0 aliphatic carbocycles. The molecule has 1 atom stereocenters. The van der Waals surface area contributed by atoms with Gasteiger partial charge in [-0.05, 0) is 38.0 Å². The lowest BCUT2D eigenvalue weighted by atomic mass is 9.79. The number of hydrogen-bond donors (Lipinski definition) is 0. The van der Waals surface area contributed by atoms with Crippen molar-refractivity contribution in [1.29, 1.82) is 0 Å². The first-order valence-electron chi connectivity index (χ1n) is 8.59. The van der Waals surface area contributed by atoms with Crippen LogP contribution in [0.25, 0.3) is 0 Å². The van der Waals surface area contributed by atoms with Crippen LogP contribution < -0.4 is 0 Å². The molecule has 3 aromatic rings. The Kier molecular flexibility index (Phi) is 5.27. The molecule has 0 radical (unpaired) electrons. The van der Waals surface area contributed by atoms with E-state index in [4.69, 9.17) is 16.3 Å². The van der Waals surface area contributed by atoms with E-state index in [-0.39, 0.29) is 6.10 Å². The van der Waals surface area contributed by atoms with Crippen molar-refractivity contribution in [2.75, 3.05) is 0 Å². The highest BCUT2D eigenvalue weighted by Crippen LogP contribution is 2.44. The second kappa shape index (κ2) is 7.43. The van der Waals surface area contributed by atoms with Crippen LogP contribution in [0.5, 0.6) is 0 Å². The Morgan fingerprint density at radius 2 is 1.32 bits per heavy atom. The Hall–Kier alpha value is -2.09. The van der Waals surface area contributed by atoms with Crippen LogP contribution in [0.2, 0.25) is 5.02 Å². The Balaban J connectivity index is 2.35. The summed E-state index contributed by atoms with van der Waals surface area (Å²) in [5, 5.41) is 0.701. The van der Waals surface area contributed by atoms with Crippen LogP contribution in [0, 0.1) is 6.92 Å². The van der Waals surface area contributed by atoms with Crippen molar-refractivity contribution < 1.29 is 4.74 Å². The van der Waals surface area contributed by atoms with Crippen molar-refractivity contribution >= 4 is 11.6 Å². The number of benzene rings is 3. The van der Waals surface area contributed by atoms with Gasteiger partial charge in [-0.1, -0.05) is 90.0 Å². The number of rotatable bonds is 5. The predicted octanol–water partition coefficient (Wildman–Crippen LogP) is 6.37. The van der Waals surface area contributed by atoms with Crippen LogP contribution in [0.3, 0.4) is 0 Å². The topological polar surface area (TPSA) is 9.23 Å². The van der Waals surface area contributed by atoms with Crippen molar-refractivity contribution in [2.24, 2.45) is 0 Å². The summed E-state index contributed by atoms with van der Waals surface area (Å²) in [5.74, 6) is 0. The van der Waals surface area contributed by atoms with Gasteiger partial charge in [-0.3, -0.25) is 0 Å². The Bertz CT molecular complexity index is 824. The second-order valence-corrected chi connectivity index (χ2v) is 6.97. The number of ether oxygens (including phenoxy) is 1. The zero-order valence-electron chi connectivity index (χ0n) is 14.9. The zero-order chi connectivity index (χ0) is 17.9. The third kappa shape index (κ3) is 3.49. The number of halogens is 1. The fourth-order valence-corrected chi connectivity index (χ4v) is 3.51. The Morgan fingerprint density at radius 3 is 1.92 bits per heavy atom. The van der Waals surface area contributed by atoms with Crippen LogP contribution in [-0.4, -0.2) is 6.10 Å². The SMILES string of the molecule is Cc1ccc(C(OC(C)C)(c2ccccc2)c2ccccc2Cl)cc1. The summed E-state index contributed by atoms with van der Waals surface area (Å²) in [6.07, 6.45) is 0.0257. The summed E-state index contributed by atoms with van der Waals surface area (Å²) in [6, 6.07) is 26.7. The molecule has 0 spiro atoms. The number of aryl methyl sites for hydroxylation is 1. The fraction of sp³-hybridized carbons (Fsp3) is 0.217. The summed E-state index contributed by atoms with van der Waals surface area (Å²) >= 11 is 6.64. The van der Waals surface area contributed by atoms with E-state index in [1.807, 2.05) is 36.4 Å². The molecule has 2 heteroatoms. The first kappa shape index (κ1) is 17.7. The molecule has 0 amide bonds. The molecule has 0 aliphatic rings. The molecule has 0 aromatic heterocycles. The summed E-state index contributed by atoms with van der Waals surface area (Å²) in [7, 11) is 0. The standard InChI is InChI=1S/C23H23ClO/c1-17(2)25-23(19-9-5-4-6-10-19,20-15-13-18(3)14-16-20)21-11-7-8-12-22(21)24/h4-17H,1-3H3. The van der Waals surface area contributed by atoms with E-state index < -0.39 is 5.60 Å². The average molecular weight is 351 g/mol. The maximum atomic E-state index is 6.64. The Labute approximate surface area is 155 Å². The molecule has 1 nitrogen and oxygen atoms in total. The molecule has 0 heterocycles. The van der Waals surface area contributed by atoms with E-state index in [1.165, 1.54) is 5.56 Å². The smallest absolute Gasteiger partial charge is 0.145 e. The van der Waals surface area contributed by atoms with Crippen molar-refractivity contribution in [3.8, 4) is 0 Å². The predicted molar refractivity (Wildman–Crippen MR) is 105 cm³/mol. The van der Waals surface area contributed by atoms with E-state index in [0.717, 1.165) is 16.7 Å². The van der Waals surface area contributed by atoms with Gasteiger partial charge in [-0.25, -0.2) is 0 Å². The first-order valence-corrected chi connectivity index (χ1v) is 8.97. The summed E-state index contributed by atoms with van der Waals surface area (Å²) in [4.78, 5) is 0. The van der Waals surface area contributed by atoms with Crippen molar-refractivity contribution in [3.05, 3.63) is 106 Å². The minimum Gasteiger partial charge on any atom is -0.358 e. The summed E-state index contributed by atoms with van der Waals surface area (Å²) in [6.45, 7) is 6.21. The highest BCUT2D eigenvalue weighted by molar-refractivity contribution is 6.31. The monoisotopic (exact) mass is 350 g/mol. The van der Waals surface area contributed by atoms with Crippen LogP contribution in [-0.2, 0) is 10.3 Å². The van der Waals surface area contributed by atoms with Gasteiger partial charge in [0.05, 0.1) is 6.10 Å². The van der Waals surface area contributed by atoms with E-state index >= 15 is 0 Å². The molecule has 1 unspecified atom stereocenters. The van der Waals surface area contributed by atoms with Crippen LogP contribution >= 0.6 is 11.6 Å². The van der Waals surface area contributed by atoms with Gasteiger partial charge in [-0.15, -0.1) is 0 Å². The fourth-order valence-electron chi connectivity index (χ4n) is 3.24. The summed E-state index contributed by atoms with van der Waals surface area (Å²) < 4.78 is 6.63. The third-order valence-corrected chi connectivity index (χ3v) is 4.63. The minimum absolute atomic E-state index is 0.0257. The molecule has 128 valence electrons. The molecule has 3 aromatic carbocycles. The van der Waals surface area contributed by atoms with Crippen molar-refractivity contribution in [1.82, 2.24) is 0 Å². The van der Waals surface area contributed by atoms with E-state index in [2.05, 4.69) is 63.2 Å². The van der Waals surface area contributed by atoms with Gasteiger partial charge >= 0.3 is 0 Å². The molecule has 0 bridgehead atoms. The van der Waals surface area contributed by atoms with Gasteiger partial charge in [0.15, 0.2) is 0 Å². The quantitative estimate of drug-likeness (QED) is 0.486. The molecule has 0 fully saturated rings. The third-order valence-electron chi connectivity index (χ3n) is 4.30.